The zero-order valence-electron chi connectivity index (χ0n) is 7.35. The van der Waals surface area contributed by atoms with Crippen molar-refractivity contribution in [3.05, 3.63) is 0 Å². The molecule has 0 aromatic rings. The lowest BCUT2D eigenvalue weighted by atomic mass is 10.2. The first-order chi connectivity index (χ1) is 4.45. The molecule has 0 rings (SSSR count). The molecule has 1 unspecified atom stereocenters. The molecule has 0 aromatic carbocycles. The summed E-state index contributed by atoms with van der Waals surface area (Å²) in [4.78, 5) is 9.33. The Bertz CT molecular complexity index is 88.1. The summed E-state index contributed by atoms with van der Waals surface area (Å²) in [6, 6.07) is 0. The Kier molecular flexibility index (Phi) is 4.16. The van der Waals surface area contributed by atoms with E-state index in [1.165, 1.54) is 0 Å². The third-order valence-corrected chi connectivity index (χ3v) is 2.16. The van der Waals surface area contributed by atoms with Crippen LogP contribution in [0.4, 0.5) is 0 Å². The monoisotopic (exact) mass is 162 g/mol. The predicted octanol–water partition coefficient (Wildman–Crippen LogP) is 1.89. The van der Waals surface area contributed by atoms with Crippen LogP contribution in [0, 0.1) is 0 Å². The van der Waals surface area contributed by atoms with E-state index in [4.69, 9.17) is 4.43 Å². The van der Waals surface area contributed by atoms with Crippen LogP contribution in [0.3, 0.4) is 0 Å². The highest BCUT2D eigenvalue weighted by atomic mass is 28.4. The van der Waals surface area contributed by atoms with E-state index in [0.29, 0.717) is 0 Å². The molecule has 0 aliphatic heterocycles. The summed E-state index contributed by atoms with van der Waals surface area (Å²) in [6.45, 7) is 7.71. The van der Waals surface area contributed by atoms with Crippen molar-refractivity contribution in [3.63, 3.8) is 0 Å². The molecule has 0 saturated carbocycles. The molecule has 0 fully saturated rings. The quantitative estimate of drug-likeness (QED) is 0.640. The zero-order chi connectivity index (χ0) is 8.20. The van der Waals surface area contributed by atoms with E-state index in [1.807, 2.05) is 6.92 Å². The van der Waals surface area contributed by atoms with Crippen LogP contribution in [0.5, 0.6) is 0 Å². The Hall–Kier alpha value is 0.137. The summed E-state index contributed by atoms with van der Waals surface area (Å²) >= 11 is 0. The zero-order valence-corrected chi connectivity index (χ0v) is 8.35. The van der Waals surface area contributed by atoms with E-state index in [0.717, 1.165) is 12.8 Å². The van der Waals surface area contributed by atoms with Crippen molar-refractivity contribution in [2.75, 3.05) is 0 Å². The summed E-state index contributed by atoms with van der Waals surface area (Å²) in [7, 11) is -2.26. The van der Waals surface area contributed by atoms with E-state index < -0.39 is 8.56 Å². The molecule has 3 heteroatoms. The van der Waals surface area contributed by atoms with Crippen molar-refractivity contribution < 1.29 is 9.22 Å². The van der Waals surface area contributed by atoms with Crippen LogP contribution in [-0.4, -0.2) is 19.5 Å². The van der Waals surface area contributed by atoms with Gasteiger partial charge in [-0.05, 0) is 26.4 Å². The summed E-state index contributed by atoms with van der Waals surface area (Å²) in [6.07, 6.45) is 2.37. The van der Waals surface area contributed by atoms with Gasteiger partial charge in [-0.2, -0.15) is 0 Å². The Morgan fingerprint density at radius 2 is 2.00 bits per heavy atom. The SMILES string of the molecule is CCCC(C)O[Si](C)(C)O. The Balaban J connectivity index is 3.47. The number of hydrogen-bond acceptors (Lipinski definition) is 2. The van der Waals surface area contributed by atoms with E-state index in [9.17, 15) is 4.80 Å². The molecule has 0 aromatic heterocycles. The molecule has 0 radical (unpaired) electrons. The Labute approximate surface area is 64.5 Å². The maximum atomic E-state index is 9.33. The van der Waals surface area contributed by atoms with Crippen molar-refractivity contribution in [2.24, 2.45) is 0 Å². The van der Waals surface area contributed by atoms with Crippen LogP contribution in [-0.2, 0) is 4.43 Å². The van der Waals surface area contributed by atoms with Crippen molar-refractivity contribution in [1.29, 1.82) is 0 Å². The fraction of sp³-hybridized carbons (Fsp3) is 1.00. The van der Waals surface area contributed by atoms with E-state index in [-0.39, 0.29) is 6.10 Å². The van der Waals surface area contributed by atoms with Gasteiger partial charge in [0.2, 0.25) is 0 Å². The van der Waals surface area contributed by atoms with Crippen molar-refractivity contribution >= 4 is 8.56 Å². The van der Waals surface area contributed by atoms with Crippen LogP contribution >= 0.6 is 0 Å². The van der Waals surface area contributed by atoms with Crippen LogP contribution in [0.15, 0.2) is 0 Å². The van der Waals surface area contributed by atoms with Crippen molar-refractivity contribution in [2.45, 2.75) is 45.9 Å². The van der Waals surface area contributed by atoms with Gasteiger partial charge in [0.25, 0.3) is 0 Å². The lowest BCUT2D eigenvalue weighted by molar-refractivity contribution is 0.159. The first-order valence-electron chi connectivity index (χ1n) is 3.86. The predicted molar refractivity (Wildman–Crippen MR) is 45.2 cm³/mol. The highest BCUT2D eigenvalue weighted by Gasteiger charge is 2.21. The number of rotatable bonds is 4. The standard InChI is InChI=1S/C7H18O2Si/c1-5-6-7(2)9-10(3,4)8/h7-8H,5-6H2,1-4H3. The van der Waals surface area contributed by atoms with Crippen molar-refractivity contribution in [3.8, 4) is 0 Å². The van der Waals surface area contributed by atoms with Crippen LogP contribution in [0.1, 0.15) is 26.7 Å². The molecule has 0 aliphatic carbocycles. The normalized spacial score (nSPS) is 15.3. The van der Waals surface area contributed by atoms with E-state index in [2.05, 4.69) is 6.92 Å². The second kappa shape index (κ2) is 4.11. The molecule has 0 aliphatic rings. The van der Waals surface area contributed by atoms with E-state index >= 15 is 0 Å². The largest absolute Gasteiger partial charge is 0.411 e. The highest BCUT2D eigenvalue weighted by molar-refractivity contribution is 6.63. The van der Waals surface area contributed by atoms with Crippen molar-refractivity contribution in [1.82, 2.24) is 0 Å². The van der Waals surface area contributed by atoms with Crippen LogP contribution in [0.25, 0.3) is 0 Å². The van der Waals surface area contributed by atoms with Gasteiger partial charge in [0.05, 0.1) is 0 Å². The smallest absolute Gasteiger partial charge is 0.329 e. The molecule has 0 amide bonds. The first-order valence-corrected chi connectivity index (χ1v) is 6.71. The fourth-order valence-corrected chi connectivity index (χ4v) is 2.06. The Morgan fingerprint density at radius 3 is 2.30 bits per heavy atom. The minimum Gasteiger partial charge on any atom is -0.411 e. The third kappa shape index (κ3) is 6.26. The van der Waals surface area contributed by atoms with Gasteiger partial charge in [-0.15, -0.1) is 0 Å². The third-order valence-electron chi connectivity index (χ3n) is 1.18. The average molecular weight is 162 g/mol. The molecule has 0 heterocycles. The first kappa shape index (κ1) is 10.1. The average Bonchev–Trinajstić information content (AvgIpc) is 1.59. The molecule has 0 spiro atoms. The molecule has 2 nitrogen and oxygen atoms in total. The van der Waals surface area contributed by atoms with Gasteiger partial charge in [-0.3, -0.25) is 0 Å². The molecular weight excluding hydrogens is 144 g/mol. The fourth-order valence-electron chi connectivity index (χ4n) is 0.958. The topological polar surface area (TPSA) is 29.5 Å². The summed E-state index contributed by atoms with van der Waals surface area (Å²) < 4.78 is 5.37. The van der Waals surface area contributed by atoms with Crippen LogP contribution < -0.4 is 0 Å². The molecule has 62 valence electrons. The van der Waals surface area contributed by atoms with Gasteiger partial charge < -0.3 is 9.22 Å². The summed E-state index contributed by atoms with van der Waals surface area (Å²) in [5.74, 6) is 0. The molecular formula is C7H18O2Si. The minimum absolute atomic E-state index is 0.219. The molecule has 0 bridgehead atoms. The second-order valence-corrected chi connectivity index (χ2v) is 6.29. The maximum absolute atomic E-state index is 9.33. The lowest BCUT2D eigenvalue weighted by Crippen LogP contribution is -2.34. The van der Waals surface area contributed by atoms with Gasteiger partial charge in [-0.25, -0.2) is 0 Å². The lowest BCUT2D eigenvalue weighted by Gasteiger charge is -2.20. The molecule has 10 heavy (non-hydrogen) atoms. The Morgan fingerprint density at radius 1 is 1.50 bits per heavy atom. The van der Waals surface area contributed by atoms with Gasteiger partial charge in [0, 0.05) is 6.10 Å². The molecule has 0 saturated heterocycles. The van der Waals surface area contributed by atoms with Gasteiger partial charge in [-0.1, -0.05) is 13.3 Å². The summed E-state index contributed by atoms with van der Waals surface area (Å²) in [5, 5.41) is 0. The highest BCUT2D eigenvalue weighted by Crippen LogP contribution is 2.07. The summed E-state index contributed by atoms with van der Waals surface area (Å²) in [5.41, 5.74) is 0. The minimum atomic E-state index is -2.26. The van der Waals surface area contributed by atoms with Gasteiger partial charge in [0.15, 0.2) is 0 Å². The second-order valence-electron chi connectivity index (χ2n) is 3.16. The molecule has 1 atom stereocenters. The van der Waals surface area contributed by atoms with Crippen LogP contribution in [0.2, 0.25) is 13.1 Å². The number of hydrogen-bond donors (Lipinski definition) is 1. The maximum Gasteiger partial charge on any atom is 0.329 e. The molecule has 1 N–H and O–H groups in total. The van der Waals surface area contributed by atoms with Gasteiger partial charge >= 0.3 is 8.56 Å². The van der Waals surface area contributed by atoms with Gasteiger partial charge in [0.1, 0.15) is 0 Å². The van der Waals surface area contributed by atoms with E-state index in [1.54, 1.807) is 13.1 Å².